The fourth-order valence-corrected chi connectivity index (χ4v) is 5.62. The second-order valence-corrected chi connectivity index (χ2v) is 10.8. The van der Waals surface area contributed by atoms with E-state index in [-0.39, 0.29) is 49.9 Å². The van der Waals surface area contributed by atoms with E-state index >= 15 is 0 Å². The Hall–Kier alpha value is -2.00. The normalized spacial score (nSPS) is 42.2. The first-order chi connectivity index (χ1) is 17.1. The summed E-state index contributed by atoms with van der Waals surface area (Å²) in [5.74, 6) is 0.588. The molecule has 6 atom stereocenters. The number of aliphatic hydroxyl groups is 2. The first-order valence-electron chi connectivity index (χ1n) is 12.8. The molecule has 0 spiro atoms. The van der Waals surface area contributed by atoms with Crippen LogP contribution in [0.5, 0.6) is 0 Å². The van der Waals surface area contributed by atoms with Crippen LogP contribution in [0.2, 0.25) is 0 Å². The topological polar surface area (TPSA) is 243 Å². The van der Waals surface area contributed by atoms with E-state index in [1.165, 1.54) is 0 Å². The Balaban J connectivity index is 1.29. The highest BCUT2D eigenvalue weighted by Crippen LogP contribution is 2.35. The summed E-state index contributed by atoms with van der Waals surface area (Å²) >= 11 is 0. The fourth-order valence-electron chi connectivity index (χ4n) is 5.62. The minimum absolute atomic E-state index is 0.0735. The largest absolute Gasteiger partial charge is 0.467 e. The number of hydrogen-bond acceptors (Lipinski definition) is 10. The first kappa shape index (κ1) is 27.0. The van der Waals surface area contributed by atoms with Gasteiger partial charge in [0, 0.05) is 31.0 Å². The van der Waals surface area contributed by atoms with Crippen molar-refractivity contribution in [3.63, 3.8) is 0 Å². The van der Waals surface area contributed by atoms with E-state index in [1.807, 2.05) is 6.08 Å². The molecule has 0 aromatic heterocycles. The lowest BCUT2D eigenvalue weighted by molar-refractivity contribution is -0.206. The van der Waals surface area contributed by atoms with Crippen LogP contribution in [0, 0.1) is 5.92 Å². The number of nitrogens with two attached hydrogens (primary N) is 5. The van der Waals surface area contributed by atoms with Crippen LogP contribution in [0.1, 0.15) is 44.9 Å². The van der Waals surface area contributed by atoms with Crippen LogP contribution in [0.25, 0.3) is 0 Å². The quantitative estimate of drug-likeness (QED) is 0.110. The van der Waals surface area contributed by atoms with E-state index in [2.05, 4.69) is 15.6 Å². The van der Waals surface area contributed by atoms with Crippen molar-refractivity contribution in [2.24, 2.45) is 39.6 Å². The minimum Gasteiger partial charge on any atom is -0.467 e. The molecule has 0 saturated heterocycles. The molecule has 0 aromatic carbocycles. The Labute approximate surface area is 211 Å². The molecule has 1 heterocycles. The zero-order valence-electron chi connectivity index (χ0n) is 20.6. The number of carbonyl (C=O) groups is 1. The Kier molecular flexibility index (Phi) is 8.39. The Morgan fingerprint density at radius 3 is 2.56 bits per heavy atom. The number of amides is 1. The summed E-state index contributed by atoms with van der Waals surface area (Å²) in [5.41, 5.74) is 27.3. The van der Waals surface area contributed by atoms with Gasteiger partial charge in [0.25, 0.3) is 5.91 Å². The van der Waals surface area contributed by atoms with Gasteiger partial charge >= 0.3 is 0 Å². The van der Waals surface area contributed by atoms with Gasteiger partial charge in [0.05, 0.1) is 24.7 Å². The summed E-state index contributed by atoms with van der Waals surface area (Å²) in [6.45, 7) is 1.07. The van der Waals surface area contributed by atoms with E-state index in [1.54, 1.807) is 0 Å². The van der Waals surface area contributed by atoms with Crippen LogP contribution < -0.4 is 39.3 Å². The van der Waals surface area contributed by atoms with E-state index in [0.29, 0.717) is 24.5 Å². The molecule has 4 rings (SSSR count). The van der Waals surface area contributed by atoms with Gasteiger partial charge < -0.3 is 59.0 Å². The van der Waals surface area contributed by atoms with Crippen molar-refractivity contribution in [1.82, 2.24) is 10.6 Å². The van der Waals surface area contributed by atoms with Crippen LogP contribution >= 0.6 is 0 Å². The predicted octanol–water partition coefficient (Wildman–Crippen LogP) is -3.21. The lowest BCUT2D eigenvalue weighted by Gasteiger charge is -2.44. The SMILES string of the molecule is NCC1=CC[C@@H](NCC2CC(N)C2)[C@@H](OC2[C@H](O)C[C@H](NC(=O)C3(O)CC(N=C(N)N)C3)C[C@@H]2N)O1. The number of guanidine groups is 1. The van der Waals surface area contributed by atoms with Gasteiger partial charge in [0.2, 0.25) is 6.29 Å². The molecule has 0 bridgehead atoms. The van der Waals surface area contributed by atoms with Gasteiger partial charge in [-0.3, -0.25) is 9.79 Å². The highest BCUT2D eigenvalue weighted by Gasteiger charge is 2.50. The van der Waals surface area contributed by atoms with E-state index < -0.39 is 42.1 Å². The standard InChI is InChI=1S/C23H42N8O5/c24-9-15-1-2-17(29-10-11-3-12(25)4-11)20(35-15)36-19-16(26)5-13(6-18(19)32)30-21(33)23(34)7-14(8-23)31-22(27)28/h1,11-14,16-20,29,32,34H,2-10,24-26H2,(H,30,33)(H4,27,28,31)/t11?,12?,13-,14?,16+,17-,18-,19?,20-,23?/m1/s1. The maximum absolute atomic E-state index is 12.7. The van der Waals surface area contributed by atoms with Crippen LogP contribution in [0.4, 0.5) is 0 Å². The van der Waals surface area contributed by atoms with Crippen LogP contribution in [-0.2, 0) is 14.3 Å². The molecule has 13 heteroatoms. The van der Waals surface area contributed by atoms with Crippen LogP contribution in [0.15, 0.2) is 16.8 Å². The molecule has 3 fully saturated rings. The Bertz CT molecular complexity index is 828. The summed E-state index contributed by atoms with van der Waals surface area (Å²) < 4.78 is 12.2. The number of carbonyl (C=O) groups excluding carboxylic acids is 1. The molecule has 1 unspecified atom stereocenters. The number of nitrogens with zero attached hydrogens (tertiary/aromatic N) is 1. The smallest absolute Gasteiger partial charge is 0.252 e. The summed E-state index contributed by atoms with van der Waals surface area (Å²) in [6, 6.07) is -1.07. The Morgan fingerprint density at radius 1 is 1.22 bits per heavy atom. The molecule has 36 heavy (non-hydrogen) atoms. The van der Waals surface area contributed by atoms with Crippen molar-refractivity contribution in [2.45, 2.75) is 99.3 Å². The van der Waals surface area contributed by atoms with Crippen molar-refractivity contribution in [3.8, 4) is 0 Å². The number of nitrogens with one attached hydrogen (secondary N) is 2. The summed E-state index contributed by atoms with van der Waals surface area (Å²) in [5, 5.41) is 27.8. The molecule has 1 amide bonds. The van der Waals surface area contributed by atoms with Gasteiger partial charge in [0.1, 0.15) is 17.5 Å². The highest BCUT2D eigenvalue weighted by atomic mass is 16.7. The monoisotopic (exact) mass is 510 g/mol. The molecular weight excluding hydrogens is 468 g/mol. The third-order valence-corrected chi connectivity index (χ3v) is 7.75. The number of ether oxygens (including phenoxy) is 2. The highest BCUT2D eigenvalue weighted by molar-refractivity contribution is 5.87. The molecule has 3 aliphatic carbocycles. The van der Waals surface area contributed by atoms with Crippen molar-refractivity contribution in [3.05, 3.63) is 11.8 Å². The van der Waals surface area contributed by atoms with E-state index in [9.17, 15) is 15.0 Å². The average Bonchev–Trinajstić information content (AvgIpc) is 2.77. The van der Waals surface area contributed by atoms with Gasteiger partial charge in [-0.05, 0) is 50.6 Å². The van der Waals surface area contributed by atoms with Crippen LogP contribution in [0.3, 0.4) is 0 Å². The van der Waals surface area contributed by atoms with E-state index in [0.717, 1.165) is 19.4 Å². The van der Waals surface area contributed by atoms with Gasteiger partial charge in [-0.1, -0.05) is 0 Å². The molecule has 0 aromatic rings. The first-order valence-corrected chi connectivity index (χ1v) is 12.8. The average molecular weight is 511 g/mol. The third kappa shape index (κ3) is 6.28. The summed E-state index contributed by atoms with van der Waals surface area (Å²) in [7, 11) is 0. The van der Waals surface area contributed by atoms with Gasteiger partial charge in [-0.25, -0.2) is 0 Å². The molecule has 204 valence electrons. The summed E-state index contributed by atoms with van der Waals surface area (Å²) in [6.07, 6.45) is 3.28. The molecule has 4 aliphatic rings. The lowest BCUT2D eigenvalue weighted by Crippen LogP contribution is -2.63. The molecular formula is C23H42N8O5. The minimum atomic E-state index is -1.53. The molecule has 14 N–H and O–H groups in total. The van der Waals surface area contributed by atoms with Crippen molar-refractivity contribution in [2.75, 3.05) is 13.1 Å². The maximum atomic E-state index is 12.7. The fraction of sp³-hybridized carbons (Fsp3) is 0.826. The molecule has 13 nitrogen and oxygen atoms in total. The van der Waals surface area contributed by atoms with Gasteiger partial charge in [0.15, 0.2) is 5.96 Å². The zero-order valence-corrected chi connectivity index (χ0v) is 20.6. The van der Waals surface area contributed by atoms with Gasteiger partial charge in [-0.15, -0.1) is 0 Å². The molecule has 0 radical (unpaired) electrons. The number of aliphatic imine (C=N–C) groups is 1. The number of aliphatic hydroxyl groups excluding tert-OH is 1. The Morgan fingerprint density at radius 2 is 1.94 bits per heavy atom. The third-order valence-electron chi connectivity index (χ3n) is 7.75. The van der Waals surface area contributed by atoms with Crippen molar-refractivity contribution in [1.29, 1.82) is 0 Å². The molecule has 1 aliphatic heterocycles. The maximum Gasteiger partial charge on any atom is 0.252 e. The zero-order chi connectivity index (χ0) is 26.0. The van der Waals surface area contributed by atoms with Gasteiger partial charge in [-0.2, -0.15) is 0 Å². The second-order valence-electron chi connectivity index (χ2n) is 10.8. The summed E-state index contributed by atoms with van der Waals surface area (Å²) in [4.78, 5) is 16.6. The van der Waals surface area contributed by atoms with Crippen molar-refractivity contribution < 1.29 is 24.5 Å². The van der Waals surface area contributed by atoms with Crippen molar-refractivity contribution >= 4 is 11.9 Å². The number of hydrogen-bond donors (Lipinski definition) is 9. The second kappa shape index (κ2) is 11.2. The number of rotatable bonds is 9. The van der Waals surface area contributed by atoms with E-state index in [4.69, 9.17) is 38.1 Å². The molecule has 3 saturated carbocycles. The predicted molar refractivity (Wildman–Crippen MR) is 133 cm³/mol. The van der Waals surface area contributed by atoms with Crippen LogP contribution in [-0.4, -0.2) is 89.5 Å². The lowest BCUT2D eigenvalue weighted by atomic mass is 9.75.